The van der Waals surface area contributed by atoms with Gasteiger partial charge in [-0.05, 0) is 44.2 Å². The van der Waals surface area contributed by atoms with Crippen LogP contribution in [0.1, 0.15) is 32.1 Å². The lowest BCUT2D eigenvalue weighted by Gasteiger charge is -2.41. The molecule has 1 N–H and O–H groups in total. The van der Waals surface area contributed by atoms with E-state index in [0.717, 1.165) is 29.3 Å². The Morgan fingerprint density at radius 2 is 1.95 bits per heavy atom. The van der Waals surface area contributed by atoms with Crippen molar-refractivity contribution in [3.8, 4) is 5.75 Å². The molecular weight excluding hydrogens is 272 g/mol. The Hall–Kier alpha value is -1.61. The number of nitrogens with one attached hydrogen (secondary N) is 1. The van der Waals surface area contributed by atoms with Gasteiger partial charge in [0.15, 0.2) is 0 Å². The molecule has 2 aliphatic heterocycles. The number of pyridine rings is 1. The highest BCUT2D eigenvalue weighted by atomic mass is 16.5. The highest BCUT2D eigenvalue weighted by Gasteiger charge is 2.36. The van der Waals surface area contributed by atoms with Crippen LogP contribution in [0, 0.1) is 5.92 Å². The summed E-state index contributed by atoms with van der Waals surface area (Å²) in [7, 11) is 0. The summed E-state index contributed by atoms with van der Waals surface area (Å²) in [6.07, 6.45) is 8.73. The third-order valence-electron chi connectivity index (χ3n) is 5.48. The van der Waals surface area contributed by atoms with Gasteiger partial charge in [0, 0.05) is 17.5 Å². The quantitative estimate of drug-likeness (QED) is 0.942. The van der Waals surface area contributed by atoms with Crippen LogP contribution in [0.2, 0.25) is 0 Å². The molecule has 3 atom stereocenters. The minimum Gasteiger partial charge on any atom is -0.491 e. The van der Waals surface area contributed by atoms with Crippen LogP contribution in [0.15, 0.2) is 36.5 Å². The predicted molar refractivity (Wildman–Crippen MR) is 88.3 cm³/mol. The SMILES string of the molecule is c1cnc2c(OCC3CCC[NH+]4CCCCC34)cccc2c1. The van der Waals surface area contributed by atoms with Crippen LogP contribution in [0.25, 0.3) is 10.9 Å². The van der Waals surface area contributed by atoms with Crippen LogP contribution in [0.5, 0.6) is 5.75 Å². The number of hydrogen-bond donors (Lipinski definition) is 1. The van der Waals surface area contributed by atoms with Crippen molar-refractivity contribution < 1.29 is 9.64 Å². The number of quaternary nitrogens is 1. The van der Waals surface area contributed by atoms with E-state index in [-0.39, 0.29) is 0 Å². The first kappa shape index (κ1) is 14.0. The minimum atomic E-state index is 0.711. The first-order valence-electron chi connectivity index (χ1n) is 8.73. The number of nitrogens with zero attached hydrogens (tertiary/aromatic N) is 1. The molecule has 3 nitrogen and oxygen atoms in total. The maximum atomic E-state index is 6.23. The third kappa shape index (κ3) is 2.70. The van der Waals surface area contributed by atoms with Crippen LogP contribution in [-0.2, 0) is 0 Å². The van der Waals surface area contributed by atoms with Gasteiger partial charge in [-0.1, -0.05) is 18.2 Å². The van der Waals surface area contributed by atoms with Gasteiger partial charge in [-0.15, -0.1) is 0 Å². The molecule has 3 heteroatoms. The molecule has 2 saturated heterocycles. The Kier molecular flexibility index (Phi) is 3.98. The fraction of sp³-hybridized carbons (Fsp3) is 0.526. The smallest absolute Gasteiger partial charge is 0.145 e. The summed E-state index contributed by atoms with van der Waals surface area (Å²) in [5, 5.41) is 1.16. The molecule has 4 rings (SSSR count). The third-order valence-corrected chi connectivity index (χ3v) is 5.48. The van der Waals surface area contributed by atoms with E-state index in [1.807, 2.05) is 17.2 Å². The lowest BCUT2D eigenvalue weighted by Crippen LogP contribution is -3.18. The van der Waals surface area contributed by atoms with Crippen molar-refractivity contribution in [2.75, 3.05) is 19.7 Å². The second kappa shape index (κ2) is 6.25. The molecule has 0 spiro atoms. The second-order valence-corrected chi connectivity index (χ2v) is 6.81. The molecule has 22 heavy (non-hydrogen) atoms. The van der Waals surface area contributed by atoms with Gasteiger partial charge in [0.1, 0.15) is 11.3 Å². The van der Waals surface area contributed by atoms with Crippen molar-refractivity contribution >= 4 is 10.9 Å². The van der Waals surface area contributed by atoms with E-state index in [4.69, 9.17) is 4.74 Å². The van der Waals surface area contributed by atoms with Crippen molar-refractivity contribution in [1.82, 2.24) is 4.98 Å². The molecule has 2 aliphatic rings. The average molecular weight is 297 g/mol. The summed E-state index contributed by atoms with van der Waals surface area (Å²) in [6.45, 7) is 3.60. The molecule has 1 aromatic carbocycles. The molecule has 2 fully saturated rings. The van der Waals surface area contributed by atoms with E-state index in [1.54, 1.807) is 0 Å². The number of benzene rings is 1. The van der Waals surface area contributed by atoms with Crippen LogP contribution in [0.4, 0.5) is 0 Å². The average Bonchev–Trinajstić information content (AvgIpc) is 2.60. The number of hydrogen-bond acceptors (Lipinski definition) is 2. The van der Waals surface area contributed by atoms with Gasteiger partial charge in [-0.3, -0.25) is 4.98 Å². The predicted octanol–water partition coefficient (Wildman–Crippen LogP) is 2.46. The zero-order valence-electron chi connectivity index (χ0n) is 13.1. The molecule has 0 radical (unpaired) electrons. The van der Waals surface area contributed by atoms with Gasteiger partial charge >= 0.3 is 0 Å². The van der Waals surface area contributed by atoms with Crippen LogP contribution in [0.3, 0.4) is 0 Å². The van der Waals surface area contributed by atoms with Crippen molar-refractivity contribution in [2.24, 2.45) is 5.92 Å². The normalized spacial score (nSPS) is 28.3. The van der Waals surface area contributed by atoms with E-state index < -0.39 is 0 Å². The van der Waals surface area contributed by atoms with Gasteiger partial charge in [0.05, 0.1) is 25.7 Å². The van der Waals surface area contributed by atoms with Crippen molar-refractivity contribution in [3.63, 3.8) is 0 Å². The van der Waals surface area contributed by atoms with Crippen molar-refractivity contribution in [1.29, 1.82) is 0 Å². The maximum Gasteiger partial charge on any atom is 0.145 e. The van der Waals surface area contributed by atoms with Gasteiger partial charge in [-0.25, -0.2) is 0 Å². The monoisotopic (exact) mass is 297 g/mol. The first-order valence-corrected chi connectivity index (χ1v) is 8.73. The molecule has 0 amide bonds. The topological polar surface area (TPSA) is 26.6 Å². The summed E-state index contributed by atoms with van der Waals surface area (Å²) >= 11 is 0. The Labute approximate surface area is 132 Å². The van der Waals surface area contributed by atoms with Crippen molar-refractivity contribution in [2.45, 2.75) is 38.1 Å². The Morgan fingerprint density at radius 3 is 2.95 bits per heavy atom. The fourth-order valence-corrected chi connectivity index (χ4v) is 4.37. The molecule has 0 aliphatic carbocycles. The minimum absolute atomic E-state index is 0.711. The molecular formula is C19H25N2O+. The maximum absolute atomic E-state index is 6.23. The molecule has 2 aromatic rings. The summed E-state index contributed by atoms with van der Waals surface area (Å²) in [5.74, 6) is 1.66. The van der Waals surface area contributed by atoms with E-state index in [1.165, 1.54) is 45.2 Å². The largest absolute Gasteiger partial charge is 0.491 e. The summed E-state index contributed by atoms with van der Waals surface area (Å²) in [5.41, 5.74) is 0.994. The van der Waals surface area contributed by atoms with Crippen LogP contribution in [-0.4, -0.2) is 30.7 Å². The number of aromatic nitrogens is 1. The zero-order chi connectivity index (χ0) is 14.8. The van der Waals surface area contributed by atoms with E-state index in [0.29, 0.717) is 5.92 Å². The Bertz CT molecular complexity index is 635. The zero-order valence-corrected chi connectivity index (χ0v) is 13.1. The summed E-state index contributed by atoms with van der Waals surface area (Å²) in [4.78, 5) is 6.33. The number of rotatable bonds is 3. The Balaban J connectivity index is 1.49. The second-order valence-electron chi connectivity index (χ2n) is 6.81. The molecule has 0 bridgehead atoms. The fourth-order valence-electron chi connectivity index (χ4n) is 4.37. The molecule has 3 unspecified atom stereocenters. The lowest BCUT2D eigenvalue weighted by molar-refractivity contribution is -0.940. The number of piperidine rings is 2. The van der Waals surface area contributed by atoms with Crippen LogP contribution >= 0.6 is 0 Å². The van der Waals surface area contributed by atoms with Gasteiger partial charge in [0.2, 0.25) is 0 Å². The first-order chi connectivity index (χ1) is 10.9. The van der Waals surface area contributed by atoms with Crippen LogP contribution < -0.4 is 9.64 Å². The van der Waals surface area contributed by atoms with Crippen molar-refractivity contribution in [3.05, 3.63) is 36.5 Å². The molecule has 3 heterocycles. The summed E-state index contributed by atoms with van der Waals surface area (Å²) in [6, 6.07) is 11.1. The molecule has 0 saturated carbocycles. The number of fused-ring (bicyclic) bond motifs is 2. The lowest BCUT2D eigenvalue weighted by atomic mass is 9.84. The molecule has 116 valence electrons. The highest BCUT2D eigenvalue weighted by Crippen LogP contribution is 2.26. The van der Waals surface area contributed by atoms with E-state index in [2.05, 4.69) is 29.2 Å². The standard InChI is InChI=1S/C19H24N2O/c1-2-12-21-13-5-8-16(17(21)9-1)14-22-18-10-3-6-15-7-4-11-20-19(15)18/h3-4,6-7,10-11,16-17H,1-2,5,8-9,12-14H2/p+1. The van der Waals surface area contributed by atoms with E-state index in [9.17, 15) is 0 Å². The van der Waals surface area contributed by atoms with E-state index >= 15 is 0 Å². The number of para-hydroxylation sites is 1. The van der Waals surface area contributed by atoms with Gasteiger partial charge < -0.3 is 9.64 Å². The van der Waals surface area contributed by atoms with Gasteiger partial charge in [-0.2, -0.15) is 0 Å². The summed E-state index contributed by atoms with van der Waals surface area (Å²) < 4.78 is 6.23. The molecule has 1 aromatic heterocycles. The number of ether oxygens (including phenoxy) is 1. The van der Waals surface area contributed by atoms with Gasteiger partial charge in [0.25, 0.3) is 0 Å². The highest BCUT2D eigenvalue weighted by molar-refractivity contribution is 5.84. The Morgan fingerprint density at radius 1 is 1.05 bits per heavy atom.